The van der Waals surface area contributed by atoms with Crippen molar-refractivity contribution in [2.24, 2.45) is 0 Å². The van der Waals surface area contributed by atoms with Gasteiger partial charge in [0.05, 0.1) is 31.7 Å². The number of rotatable bonds is 6. The Kier molecular flexibility index (Phi) is 6.99. The van der Waals surface area contributed by atoms with Gasteiger partial charge in [-0.05, 0) is 32.0 Å². The highest BCUT2D eigenvalue weighted by molar-refractivity contribution is 7.99. The molecule has 13 heteroatoms. The number of benzene rings is 3. The Morgan fingerprint density at radius 1 is 0.892 bits per heavy atom. The third-order valence-electron chi connectivity index (χ3n) is 5.25. The van der Waals surface area contributed by atoms with Gasteiger partial charge in [-0.3, -0.25) is 10.1 Å². The van der Waals surface area contributed by atoms with Crippen LogP contribution in [0.4, 0.5) is 27.6 Å². The molecular weight excluding hydrogens is 521 g/mol. The lowest BCUT2D eigenvalue weighted by molar-refractivity contribution is -0.385. The van der Waals surface area contributed by atoms with Gasteiger partial charge in [0.15, 0.2) is 23.3 Å². The molecule has 0 saturated carbocycles. The van der Waals surface area contributed by atoms with Crippen LogP contribution in [0.15, 0.2) is 58.3 Å². The number of hydrogen-bond acceptors (Lipinski definition) is 6. The molecule has 0 aliphatic carbocycles. The standard InChI is InChI=1S/C24H14F5N3O4S/c1-11-14(9-6-10-15(11)32(34)35)24(33)36-23-21(12(2)30-31(23)13-7-4-3-5-8-13)37-22-19(28)17(26)16(25)18(27)20(22)29/h3-10H,1-2H3. The maximum Gasteiger partial charge on any atom is 0.345 e. The van der Waals surface area contributed by atoms with Crippen LogP contribution in [0.2, 0.25) is 0 Å². The van der Waals surface area contributed by atoms with Gasteiger partial charge in [0.25, 0.3) is 5.69 Å². The fraction of sp³-hybridized carbons (Fsp3) is 0.0833. The molecule has 0 aliphatic rings. The fourth-order valence-electron chi connectivity index (χ4n) is 3.40. The van der Waals surface area contributed by atoms with E-state index in [-0.39, 0.29) is 39.2 Å². The van der Waals surface area contributed by atoms with Gasteiger partial charge in [0.1, 0.15) is 0 Å². The summed E-state index contributed by atoms with van der Waals surface area (Å²) >= 11 is 0.131. The molecule has 37 heavy (non-hydrogen) atoms. The van der Waals surface area contributed by atoms with E-state index in [9.17, 15) is 36.9 Å². The van der Waals surface area contributed by atoms with Crippen molar-refractivity contribution in [3.63, 3.8) is 0 Å². The number of esters is 1. The molecule has 1 aromatic heterocycles. The average molecular weight is 535 g/mol. The highest BCUT2D eigenvalue weighted by atomic mass is 32.2. The monoisotopic (exact) mass is 535 g/mol. The number of nitro groups is 1. The summed E-state index contributed by atoms with van der Waals surface area (Å²) in [4.78, 5) is 22.2. The van der Waals surface area contributed by atoms with Crippen LogP contribution in [0.5, 0.6) is 5.88 Å². The molecule has 0 saturated heterocycles. The Bertz CT molecular complexity index is 1530. The second-order valence-corrected chi connectivity index (χ2v) is 8.59. The van der Waals surface area contributed by atoms with Crippen LogP contribution in [0.3, 0.4) is 0 Å². The van der Waals surface area contributed by atoms with E-state index >= 15 is 0 Å². The van der Waals surface area contributed by atoms with Crippen molar-refractivity contribution in [3.05, 3.63) is 105 Å². The van der Waals surface area contributed by atoms with Crippen molar-refractivity contribution in [1.29, 1.82) is 0 Å². The summed E-state index contributed by atoms with van der Waals surface area (Å²) in [6.45, 7) is 2.71. The van der Waals surface area contributed by atoms with E-state index in [4.69, 9.17) is 4.74 Å². The lowest BCUT2D eigenvalue weighted by Crippen LogP contribution is -2.14. The summed E-state index contributed by atoms with van der Waals surface area (Å²) in [7, 11) is 0. The quantitative estimate of drug-likeness (QED) is 0.0703. The predicted octanol–water partition coefficient (Wildman–Crippen LogP) is 6.46. The summed E-state index contributed by atoms with van der Waals surface area (Å²) in [5, 5.41) is 15.5. The molecule has 0 radical (unpaired) electrons. The van der Waals surface area contributed by atoms with Crippen molar-refractivity contribution in [3.8, 4) is 11.6 Å². The van der Waals surface area contributed by atoms with E-state index in [1.54, 1.807) is 30.3 Å². The number of carbonyl (C=O) groups is 1. The first kappa shape index (κ1) is 25.8. The van der Waals surface area contributed by atoms with Crippen molar-refractivity contribution in [2.75, 3.05) is 0 Å². The first-order valence-electron chi connectivity index (χ1n) is 10.3. The maximum atomic E-state index is 14.4. The Balaban J connectivity index is 1.87. The third-order valence-corrected chi connectivity index (χ3v) is 6.49. The maximum absolute atomic E-state index is 14.4. The molecule has 0 bridgehead atoms. The minimum atomic E-state index is -2.32. The Morgan fingerprint density at radius 2 is 1.49 bits per heavy atom. The van der Waals surface area contributed by atoms with Gasteiger partial charge < -0.3 is 4.74 Å². The molecule has 1 heterocycles. The molecule has 0 spiro atoms. The third kappa shape index (κ3) is 4.65. The molecule has 0 aliphatic heterocycles. The summed E-state index contributed by atoms with van der Waals surface area (Å²) < 4.78 is 76.7. The molecule has 0 unspecified atom stereocenters. The molecule has 4 aromatic rings. The van der Waals surface area contributed by atoms with E-state index < -0.39 is 50.8 Å². The van der Waals surface area contributed by atoms with Crippen molar-refractivity contribution in [2.45, 2.75) is 23.6 Å². The Labute approximate surface area is 209 Å². The van der Waals surface area contributed by atoms with Gasteiger partial charge in [-0.25, -0.2) is 26.7 Å². The van der Waals surface area contributed by atoms with Crippen molar-refractivity contribution >= 4 is 23.4 Å². The van der Waals surface area contributed by atoms with Gasteiger partial charge in [-0.2, -0.15) is 9.78 Å². The Morgan fingerprint density at radius 3 is 2.08 bits per heavy atom. The number of ether oxygens (including phenoxy) is 1. The molecule has 0 amide bonds. The number of aromatic nitrogens is 2. The minimum absolute atomic E-state index is 0.00559. The number of nitro benzene ring substituents is 1. The zero-order valence-electron chi connectivity index (χ0n) is 18.9. The number of hydrogen-bond donors (Lipinski definition) is 0. The van der Waals surface area contributed by atoms with Crippen LogP contribution >= 0.6 is 11.8 Å². The summed E-state index contributed by atoms with van der Waals surface area (Å²) in [6, 6.07) is 11.8. The molecule has 190 valence electrons. The van der Waals surface area contributed by atoms with Crippen LogP contribution in [-0.2, 0) is 0 Å². The lowest BCUT2D eigenvalue weighted by Gasteiger charge is -2.12. The van der Waals surface area contributed by atoms with Crippen LogP contribution in [0, 0.1) is 53.0 Å². The van der Waals surface area contributed by atoms with Gasteiger partial charge in [-0.15, -0.1) is 0 Å². The zero-order chi connectivity index (χ0) is 27.0. The van der Waals surface area contributed by atoms with Gasteiger partial charge in [0, 0.05) is 11.6 Å². The van der Waals surface area contributed by atoms with Crippen LogP contribution in [0.1, 0.15) is 21.6 Å². The van der Waals surface area contributed by atoms with E-state index in [0.717, 1.165) is 4.68 Å². The van der Waals surface area contributed by atoms with Crippen LogP contribution in [-0.4, -0.2) is 20.7 Å². The van der Waals surface area contributed by atoms with Crippen LogP contribution < -0.4 is 4.74 Å². The largest absolute Gasteiger partial charge is 0.402 e. The summed E-state index contributed by atoms with van der Waals surface area (Å²) in [5.74, 6) is -12.2. The minimum Gasteiger partial charge on any atom is -0.402 e. The van der Waals surface area contributed by atoms with Gasteiger partial charge in [0.2, 0.25) is 11.7 Å². The second kappa shape index (κ2) is 10.0. The van der Waals surface area contributed by atoms with Crippen molar-refractivity contribution < 1.29 is 36.4 Å². The molecule has 7 nitrogen and oxygen atoms in total. The smallest absolute Gasteiger partial charge is 0.345 e. The van der Waals surface area contributed by atoms with Crippen LogP contribution in [0.25, 0.3) is 5.69 Å². The molecule has 0 N–H and O–H groups in total. The highest BCUT2D eigenvalue weighted by Gasteiger charge is 2.30. The molecule has 0 fully saturated rings. The van der Waals surface area contributed by atoms with Crippen molar-refractivity contribution in [1.82, 2.24) is 9.78 Å². The average Bonchev–Trinajstić information content (AvgIpc) is 3.19. The topological polar surface area (TPSA) is 87.3 Å². The predicted molar refractivity (Wildman–Crippen MR) is 121 cm³/mol. The first-order valence-corrected chi connectivity index (χ1v) is 11.1. The highest BCUT2D eigenvalue weighted by Crippen LogP contribution is 2.42. The van der Waals surface area contributed by atoms with E-state index in [2.05, 4.69) is 5.10 Å². The SMILES string of the molecule is Cc1nn(-c2ccccc2)c(OC(=O)c2cccc([N+](=O)[O-])c2C)c1Sc1c(F)c(F)c(F)c(F)c1F. The number of halogens is 5. The summed E-state index contributed by atoms with van der Waals surface area (Å²) in [6.07, 6.45) is 0. The lowest BCUT2D eigenvalue weighted by atomic mass is 10.1. The van der Waals surface area contributed by atoms with Gasteiger partial charge in [-0.1, -0.05) is 36.0 Å². The van der Waals surface area contributed by atoms with E-state index in [1.165, 1.54) is 32.0 Å². The molecule has 0 atom stereocenters. The number of para-hydroxylation sites is 1. The molecule has 3 aromatic carbocycles. The molecule has 4 rings (SSSR count). The first-order chi connectivity index (χ1) is 17.5. The fourth-order valence-corrected chi connectivity index (χ4v) is 4.37. The number of nitrogens with zero attached hydrogens (tertiary/aromatic N) is 3. The normalized spacial score (nSPS) is 11.0. The zero-order valence-corrected chi connectivity index (χ0v) is 19.7. The summed E-state index contributed by atoms with van der Waals surface area (Å²) in [5.41, 5.74) is -0.156. The van der Waals surface area contributed by atoms with E-state index in [1.807, 2.05) is 0 Å². The van der Waals surface area contributed by atoms with Gasteiger partial charge >= 0.3 is 5.97 Å². The second-order valence-electron chi connectivity index (χ2n) is 7.56. The van der Waals surface area contributed by atoms with E-state index in [0.29, 0.717) is 5.69 Å². The number of aryl methyl sites for hydroxylation is 1. The molecular formula is C24H14F5N3O4S. The number of carbonyl (C=O) groups excluding carboxylic acids is 1. The Hall–Kier alpha value is -4.26.